The van der Waals surface area contributed by atoms with Gasteiger partial charge in [0, 0.05) is 31.9 Å². The molecule has 2 fully saturated rings. The molecular weight excluding hydrogens is 320 g/mol. The van der Waals surface area contributed by atoms with E-state index in [4.69, 9.17) is 9.68 Å². The first-order chi connectivity index (χ1) is 12.1. The third-order valence-corrected chi connectivity index (χ3v) is 5.13. The van der Waals surface area contributed by atoms with Crippen LogP contribution in [-0.4, -0.2) is 36.0 Å². The van der Waals surface area contributed by atoms with Gasteiger partial charge in [0.05, 0.1) is 24.2 Å². The molecule has 2 unspecified atom stereocenters. The Morgan fingerprint density at radius 2 is 1.80 bits per heavy atom. The third kappa shape index (κ3) is 3.08. The van der Waals surface area contributed by atoms with Gasteiger partial charge in [-0.25, -0.2) is 0 Å². The highest BCUT2D eigenvalue weighted by Gasteiger charge is 2.40. The minimum absolute atomic E-state index is 0.193. The zero-order valence-corrected chi connectivity index (χ0v) is 13.7. The zero-order valence-electron chi connectivity index (χ0n) is 13.7. The maximum Gasteiger partial charge on any atom is 0.433 e. The number of anilines is 1. The molecule has 2 aromatic rings. The molecule has 0 saturated carbocycles. The van der Waals surface area contributed by atoms with Crippen molar-refractivity contribution in [3.8, 4) is 6.07 Å². The molecule has 128 valence electrons. The SMILES string of the molecule is N#Cc1ccc(N2CC3CN(Cc4ccc([N+](=O)[O-])o4)CC3C2)cc1. The monoisotopic (exact) mass is 338 g/mol. The van der Waals surface area contributed by atoms with Gasteiger partial charge in [-0.1, -0.05) is 0 Å². The highest BCUT2D eigenvalue weighted by atomic mass is 16.6. The van der Waals surface area contributed by atoms with E-state index in [0.29, 0.717) is 29.7 Å². The van der Waals surface area contributed by atoms with Crippen LogP contribution in [0.3, 0.4) is 0 Å². The molecule has 0 aliphatic carbocycles. The van der Waals surface area contributed by atoms with Gasteiger partial charge < -0.3 is 9.32 Å². The van der Waals surface area contributed by atoms with Crippen LogP contribution in [0.5, 0.6) is 0 Å². The van der Waals surface area contributed by atoms with Gasteiger partial charge in [-0.15, -0.1) is 0 Å². The summed E-state index contributed by atoms with van der Waals surface area (Å²) in [6.07, 6.45) is 0. The summed E-state index contributed by atoms with van der Waals surface area (Å²) in [6, 6.07) is 13.0. The van der Waals surface area contributed by atoms with E-state index in [-0.39, 0.29) is 5.88 Å². The first-order valence-corrected chi connectivity index (χ1v) is 8.33. The van der Waals surface area contributed by atoms with Gasteiger partial charge in [-0.3, -0.25) is 15.0 Å². The van der Waals surface area contributed by atoms with Crippen LogP contribution in [0.4, 0.5) is 11.6 Å². The Kier molecular flexibility index (Phi) is 3.90. The lowest BCUT2D eigenvalue weighted by molar-refractivity contribution is -0.402. The lowest BCUT2D eigenvalue weighted by Crippen LogP contribution is -2.28. The first kappa shape index (κ1) is 15.7. The molecule has 2 saturated heterocycles. The Morgan fingerprint density at radius 3 is 2.36 bits per heavy atom. The van der Waals surface area contributed by atoms with Gasteiger partial charge in [0.25, 0.3) is 0 Å². The number of hydrogen-bond acceptors (Lipinski definition) is 6. The maximum absolute atomic E-state index is 10.7. The Labute approximate surface area is 145 Å². The van der Waals surface area contributed by atoms with Crippen LogP contribution in [0.2, 0.25) is 0 Å². The molecule has 4 rings (SSSR count). The fraction of sp³-hybridized carbons (Fsp3) is 0.389. The summed E-state index contributed by atoms with van der Waals surface area (Å²) in [5, 5.41) is 19.6. The summed E-state index contributed by atoms with van der Waals surface area (Å²) >= 11 is 0. The summed E-state index contributed by atoms with van der Waals surface area (Å²) < 4.78 is 5.26. The molecule has 0 spiro atoms. The second-order valence-corrected chi connectivity index (χ2v) is 6.77. The van der Waals surface area contributed by atoms with Crippen LogP contribution >= 0.6 is 0 Å². The Morgan fingerprint density at radius 1 is 1.12 bits per heavy atom. The summed E-state index contributed by atoms with van der Waals surface area (Å²) in [4.78, 5) is 14.9. The molecule has 0 amide bonds. The van der Waals surface area contributed by atoms with Crippen molar-refractivity contribution in [3.63, 3.8) is 0 Å². The molecule has 2 atom stereocenters. The van der Waals surface area contributed by atoms with Crippen LogP contribution < -0.4 is 4.90 Å². The van der Waals surface area contributed by atoms with Crippen molar-refractivity contribution in [2.75, 3.05) is 31.1 Å². The minimum Gasteiger partial charge on any atom is -0.404 e. The van der Waals surface area contributed by atoms with Crippen LogP contribution in [0.15, 0.2) is 40.8 Å². The van der Waals surface area contributed by atoms with Crippen molar-refractivity contribution in [2.45, 2.75) is 6.54 Å². The summed E-state index contributed by atoms with van der Waals surface area (Å²) in [7, 11) is 0. The first-order valence-electron chi connectivity index (χ1n) is 8.33. The van der Waals surface area contributed by atoms with Crippen molar-refractivity contribution >= 4 is 11.6 Å². The van der Waals surface area contributed by atoms with E-state index in [1.54, 1.807) is 6.07 Å². The predicted molar refractivity (Wildman–Crippen MR) is 91.0 cm³/mol. The number of likely N-dealkylation sites (tertiary alicyclic amines) is 1. The summed E-state index contributed by atoms with van der Waals surface area (Å²) in [6.45, 7) is 4.59. The van der Waals surface area contributed by atoms with Crippen molar-refractivity contribution < 1.29 is 9.34 Å². The molecular formula is C18H18N4O3. The van der Waals surface area contributed by atoms with Gasteiger partial charge in [0.15, 0.2) is 0 Å². The molecule has 0 N–H and O–H groups in total. The van der Waals surface area contributed by atoms with Gasteiger partial charge in [0.2, 0.25) is 0 Å². The fourth-order valence-corrected chi connectivity index (χ4v) is 3.95. The Bertz CT molecular complexity index is 810. The van der Waals surface area contributed by atoms with E-state index >= 15 is 0 Å². The van der Waals surface area contributed by atoms with E-state index < -0.39 is 4.92 Å². The number of furan rings is 1. The van der Waals surface area contributed by atoms with Crippen molar-refractivity contribution in [1.82, 2.24) is 4.90 Å². The fourth-order valence-electron chi connectivity index (χ4n) is 3.95. The second kappa shape index (κ2) is 6.22. The van der Waals surface area contributed by atoms with Crippen LogP contribution in [-0.2, 0) is 6.54 Å². The Balaban J connectivity index is 1.35. The average Bonchev–Trinajstić information content (AvgIpc) is 3.30. The van der Waals surface area contributed by atoms with Crippen LogP contribution in [0.25, 0.3) is 0 Å². The number of benzene rings is 1. The zero-order chi connectivity index (χ0) is 17.4. The number of nitrogens with zero attached hydrogens (tertiary/aromatic N) is 4. The van der Waals surface area contributed by atoms with Crippen molar-refractivity contribution in [3.05, 3.63) is 57.8 Å². The Hall–Kier alpha value is -2.85. The molecule has 0 bridgehead atoms. The van der Waals surface area contributed by atoms with E-state index in [2.05, 4.69) is 15.9 Å². The quantitative estimate of drug-likeness (QED) is 0.629. The molecule has 7 heteroatoms. The van der Waals surface area contributed by atoms with Gasteiger partial charge >= 0.3 is 5.88 Å². The predicted octanol–water partition coefficient (Wildman–Crippen LogP) is 2.63. The average molecular weight is 338 g/mol. The highest BCUT2D eigenvalue weighted by molar-refractivity contribution is 5.50. The van der Waals surface area contributed by atoms with Crippen molar-refractivity contribution in [1.29, 1.82) is 5.26 Å². The second-order valence-electron chi connectivity index (χ2n) is 6.77. The third-order valence-electron chi connectivity index (χ3n) is 5.13. The van der Waals surface area contributed by atoms with Crippen LogP contribution in [0, 0.1) is 33.3 Å². The van der Waals surface area contributed by atoms with E-state index in [9.17, 15) is 10.1 Å². The standard InChI is InChI=1S/C18H18N4O3/c19-7-13-1-3-16(4-2-13)21-10-14-8-20(9-15(14)11-21)12-17-5-6-18(25-17)22(23)24/h1-6,14-15H,8-12H2. The molecule has 2 aliphatic rings. The minimum atomic E-state index is -0.502. The largest absolute Gasteiger partial charge is 0.433 e. The van der Waals surface area contributed by atoms with Crippen molar-refractivity contribution in [2.24, 2.45) is 11.8 Å². The molecule has 1 aromatic heterocycles. The smallest absolute Gasteiger partial charge is 0.404 e. The van der Waals surface area contributed by atoms with E-state index in [1.165, 1.54) is 11.8 Å². The lowest BCUT2D eigenvalue weighted by atomic mass is 10.0. The normalized spacial score (nSPS) is 22.8. The highest BCUT2D eigenvalue weighted by Crippen LogP contribution is 2.34. The van der Waals surface area contributed by atoms with Gasteiger partial charge in [0.1, 0.15) is 10.7 Å². The molecule has 7 nitrogen and oxygen atoms in total. The molecule has 0 radical (unpaired) electrons. The number of fused-ring (bicyclic) bond motifs is 1. The van der Waals surface area contributed by atoms with Crippen LogP contribution in [0.1, 0.15) is 11.3 Å². The van der Waals surface area contributed by atoms with Gasteiger partial charge in [-0.2, -0.15) is 5.26 Å². The maximum atomic E-state index is 10.7. The topological polar surface area (TPSA) is 86.5 Å². The van der Waals surface area contributed by atoms with E-state index in [0.717, 1.165) is 26.2 Å². The lowest BCUT2D eigenvalue weighted by Gasteiger charge is -2.22. The molecule has 3 heterocycles. The van der Waals surface area contributed by atoms with Gasteiger partial charge in [-0.05, 0) is 42.2 Å². The molecule has 25 heavy (non-hydrogen) atoms. The summed E-state index contributed by atoms with van der Waals surface area (Å²) in [5.41, 5.74) is 1.85. The number of rotatable bonds is 4. The van der Waals surface area contributed by atoms with E-state index in [1.807, 2.05) is 24.3 Å². The molecule has 1 aromatic carbocycles. The number of hydrogen-bond donors (Lipinski definition) is 0. The summed E-state index contributed by atoms with van der Waals surface area (Å²) in [5.74, 6) is 1.65. The number of nitro groups is 1. The molecule has 2 aliphatic heterocycles. The number of nitriles is 1.